The van der Waals surface area contributed by atoms with Crippen LogP contribution in [0.5, 0.6) is 11.5 Å². The molecule has 34 heavy (non-hydrogen) atoms. The molecule has 10 nitrogen and oxygen atoms in total. The maximum atomic E-state index is 11.5. The van der Waals surface area contributed by atoms with Gasteiger partial charge in [0, 0.05) is 24.8 Å². The molecule has 0 saturated heterocycles. The fraction of sp³-hybridized carbons (Fsp3) is 0.417. The number of nitrogens with one attached hydrogen (secondary N) is 2. The van der Waals surface area contributed by atoms with Crippen LogP contribution < -0.4 is 15.4 Å². The lowest BCUT2D eigenvalue weighted by Crippen LogP contribution is -2.29. The number of aromatic hydroxyl groups is 1. The van der Waals surface area contributed by atoms with E-state index < -0.39 is 11.8 Å². The van der Waals surface area contributed by atoms with E-state index >= 15 is 0 Å². The van der Waals surface area contributed by atoms with E-state index in [1.54, 1.807) is 6.07 Å². The Labute approximate surface area is 198 Å². The van der Waals surface area contributed by atoms with Gasteiger partial charge < -0.3 is 30.7 Å². The summed E-state index contributed by atoms with van der Waals surface area (Å²) in [7, 11) is 1.00. The van der Waals surface area contributed by atoms with Crippen molar-refractivity contribution in [2.45, 2.75) is 31.5 Å². The molecule has 2 aromatic carbocycles. The summed E-state index contributed by atoms with van der Waals surface area (Å²) in [6.07, 6.45) is 2.27. The number of hydrogen-bond acceptors (Lipinski definition) is 9. The number of aliphatic hydroxyl groups is 2. The summed E-state index contributed by atoms with van der Waals surface area (Å²) in [5, 5.41) is 41.9. The number of hydrogen-bond donors (Lipinski definition) is 5. The van der Waals surface area contributed by atoms with Crippen LogP contribution in [0.15, 0.2) is 57.7 Å². The molecule has 3 unspecified atom stereocenters. The molecule has 2 aromatic rings. The van der Waals surface area contributed by atoms with Gasteiger partial charge in [0.05, 0.1) is 6.10 Å². The van der Waals surface area contributed by atoms with E-state index in [0.717, 1.165) is 25.5 Å². The fourth-order valence-corrected chi connectivity index (χ4v) is 3.93. The Bertz CT molecular complexity index is 1020. The first-order valence-corrected chi connectivity index (χ1v) is 11.1. The molecule has 2 aliphatic heterocycles. The van der Waals surface area contributed by atoms with E-state index in [-0.39, 0.29) is 24.0 Å². The Morgan fingerprint density at radius 1 is 1.18 bits per heavy atom. The second kappa shape index (κ2) is 11.7. The van der Waals surface area contributed by atoms with Crippen LogP contribution in [0.4, 0.5) is 5.69 Å². The van der Waals surface area contributed by atoms with Crippen LogP contribution >= 0.6 is 0 Å². The number of fused-ring (bicyclic) bond motifs is 1. The maximum Gasteiger partial charge on any atom is 0.262 e. The van der Waals surface area contributed by atoms with Crippen LogP contribution in [0.3, 0.4) is 0 Å². The molecule has 0 spiro atoms. The second-order valence-electron chi connectivity index (χ2n) is 8.18. The summed E-state index contributed by atoms with van der Waals surface area (Å²) < 4.78 is 5.45. The number of amides is 1. The molecule has 182 valence electrons. The zero-order valence-electron chi connectivity index (χ0n) is 19.3. The normalized spacial score (nSPS) is 19.9. The SMILES string of the molecule is CC(CCC1(c2ccccc2)N=CN=N1)CNCC(O)c1ccc(O)c2c1OCC(=O)N2.CO. The van der Waals surface area contributed by atoms with Crippen molar-refractivity contribution in [1.29, 1.82) is 0 Å². The molecular formula is C24H31N5O5. The minimum absolute atomic E-state index is 0.0929. The van der Waals surface area contributed by atoms with Gasteiger partial charge in [-0.05, 0) is 37.4 Å². The highest BCUT2D eigenvalue weighted by Gasteiger charge is 2.33. The number of azo groups is 1. The number of benzene rings is 2. The van der Waals surface area contributed by atoms with E-state index in [1.165, 1.54) is 12.4 Å². The van der Waals surface area contributed by atoms with Gasteiger partial charge in [-0.3, -0.25) is 4.79 Å². The first-order chi connectivity index (χ1) is 16.5. The van der Waals surface area contributed by atoms with Crippen LogP contribution in [0, 0.1) is 5.92 Å². The number of phenolic OH excluding ortho intramolecular Hbond substituents is 1. The van der Waals surface area contributed by atoms with Gasteiger partial charge in [0.15, 0.2) is 18.0 Å². The molecule has 0 fully saturated rings. The van der Waals surface area contributed by atoms with E-state index in [4.69, 9.17) is 9.84 Å². The highest BCUT2D eigenvalue weighted by Crippen LogP contribution is 2.41. The number of anilines is 1. The molecule has 0 saturated carbocycles. The van der Waals surface area contributed by atoms with Crippen molar-refractivity contribution in [3.63, 3.8) is 0 Å². The molecule has 4 rings (SSSR count). The van der Waals surface area contributed by atoms with Crippen LogP contribution in [0.25, 0.3) is 0 Å². The highest BCUT2D eigenvalue weighted by atomic mass is 16.5. The third kappa shape index (κ3) is 5.77. The van der Waals surface area contributed by atoms with E-state index in [1.807, 2.05) is 30.3 Å². The first kappa shape index (κ1) is 25.3. The second-order valence-corrected chi connectivity index (χ2v) is 8.18. The molecule has 5 N–H and O–H groups in total. The fourth-order valence-electron chi connectivity index (χ4n) is 3.93. The smallest absolute Gasteiger partial charge is 0.262 e. The van der Waals surface area contributed by atoms with Crippen molar-refractivity contribution in [1.82, 2.24) is 5.32 Å². The van der Waals surface area contributed by atoms with Crippen LogP contribution in [-0.2, 0) is 10.5 Å². The lowest BCUT2D eigenvalue weighted by molar-refractivity contribution is -0.118. The Morgan fingerprint density at radius 2 is 1.94 bits per heavy atom. The Hall–Kier alpha value is -3.34. The van der Waals surface area contributed by atoms with E-state index in [9.17, 15) is 15.0 Å². The Kier molecular flexibility index (Phi) is 8.69. The van der Waals surface area contributed by atoms with Crippen molar-refractivity contribution in [2.24, 2.45) is 21.1 Å². The van der Waals surface area contributed by atoms with Crippen LogP contribution in [-0.4, -0.2) is 54.4 Å². The molecule has 0 aromatic heterocycles. The van der Waals surface area contributed by atoms with Crippen molar-refractivity contribution >= 4 is 17.9 Å². The van der Waals surface area contributed by atoms with Crippen molar-refractivity contribution < 1.29 is 24.9 Å². The molecular weight excluding hydrogens is 438 g/mol. The van der Waals surface area contributed by atoms with Gasteiger partial charge in [0.25, 0.3) is 5.91 Å². The molecule has 0 bridgehead atoms. The van der Waals surface area contributed by atoms with Crippen LogP contribution in [0.1, 0.15) is 37.0 Å². The van der Waals surface area contributed by atoms with Gasteiger partial charge in [-0.1, -0.05) is 37.3 Å². The Morgan fingerprint density at radius 3 is 2.65 bits per heavy atom. The number of carbonyl (C=O) groups excluding carboxylic acids is 1. The summed E-state index contributed by atoms with van der Waals surface area (Å²) >= 11 is 0. The maximum absolute atomic E-state index is 11.5. The van der Waals surface area contributed by atoms with Gasteiger partial charge in [-0.15, -0.1) is 5.11 Å². The molecule has 3 atom stereocenters. The molecule has 0 aliphatic carbocycles. The number of nitrogens with zero attached hydrogens (tertiary/aromatic N) is 3. The van der Waals surface area contributed by atoms with Gasteiger partial charge in [-0.2, -0.15) is 5.11 Å². The van der Waals surface area contributed by atoms with Gasteiger partial charge in [0.2, 0.25) is 0 Å². The van der Waals surface area contributed by atoms with E-state index in [2.05, 4.69) is 32.8 Å². The average Bonchev–Trinajstić information content (AvgIpc) is 3.35. The monoisotopic (exact) mass is 469 g/mol. The number of aliphatic imine (C=N–C) groups is 1. The standard InChI is InChI=1S/C23H27N5O4.CH4O/c1-15(9-10-23(25-14-26-28-23)16-5-3-2-4-6-16)11-24-12-19(30)17-7-8-18(29)21-22(17)32-13-20(31)27-21;1-2/h2-8,14-15,19,24,29-30H,9-13H2,1H3,(H,27,31);2H,1H3. The zero-order valence-corrected chi connectivity index (χ0v) is 19.3. The predicted molar refractivity (Wildman–Crippen MR) is 128 cm³/mol. The number of aliphatic hydroxyl groups excluding tert-OH is 2. The third-order valence-corrected chi connectivity index (χ3v) is 5.74. The molecule has 10 heteroatoms. The summed E-state index contributed by atoms with van der Waals surface area (Å²) in [5.41, 5.74) is 1.09. The highest BCUT2D eigenvalue weighted by molar-refractivity contribution is 5.97. The van der Waals surface area contributed by atoms with Crippen molar-refractivity contribution in [3.8, 4) is 11.5 Å². The number of ether oxygens (including phenoxy) is 1. The molecule has 0 radical (unpaired) electrons. The van der Waals surface area contributed by atoms with Gasteiger partial charge in [-0.25, -0.2) is 4.99 Å². The molecule has 2 aliphatic rings. The van der Waals surface area contributed by atoms with E-state index in [0.29, 0.717) is 30.3 Å². The number of rotatable bonds is 9. The minimum Gasteiger partial charge on any atom is -0.506 e. The molecule has 1 amide bonds. The van der Waals surface area contributed by atoms with Crippen LogP contribution in [0.2, 0.25) is 0 Å². The van der Waals surface area contributed by atoms with Crippen molar-refractivity contribution in [3.05, 3.63) is 53.6 Å². The minimum atomic E-state index is -0.851. The summed E-state index contributed by atoms with van der Waals surface area (Å²) in [6.45, 7) is 2.99. The summed E-state index contributed by atoms with van der Waals surface area (Å²) in [4.78, 5) is 16.1. The number of phenols is 1. The van der Waals surface area contributed by atoms with Gasteiger partial charge in [0.1, 0.15) is 17.8 Å². The molecule has 2 heterocycles. The summed E-state index contributed by atoms with van der Waals surface area (Å²) in [5.74, 6) is 0.190. The zero-order chi connectivity index (χ0) is 24.6. The number of carbonyl (C=O) groups is 1. The lowest BCUT2D eigenvalue weighted by Gasteiger charge is -2.25. The first-order valence-electron chi connectivity index (χ1n) is 11.1. The topological polar surface area (TPSA) is 148 Å². The van der Waals surface area contributed by atoms with Crippen molar-refractivity contribution in [2.75, 3.05) is 32.1 Å². The van der Waals surface area contributed by atoms with Gasteiger partial charge >= 0.3 is 0 Å². The largest absolute Gasteiger partial charge is 0.506 e. The Balaban J connectivity index is 0.00000158. The quantitative estimate of drug-likeness (QED) is 0.357. The third-order valence-electron chi connectivity index (χ3n) is 5.74. The lowest BCUT2D eigenvalue weighted by atomic mass is 9.92. The predicted octanol–water partition coefficient (Wildman–Crippen LogP) is 2.72. The average molecular weight is 470 g/mol. The summed E-state index contributed by atoms with van der Waals surface area (Å²) in [6, 6.07) is 13.0.